The second-order valence-electron chi connectivity index (χ2n) is 3.25. The van der Waals surface area contributed by atoms with Crippen molar-refractivity contribution in [3.63, 3.8) is 0 Å². The average molecular weight is 190 g/mol. The second kappa shape index (κ2) is 4.51. The smallest absolute Gasteiger partial charge is 0.0894 e. The van der Waals surface area contributed by atoms with Gasteiger partial charge in [0.1, 0.15) is 0 Å². The molecule has 2 heteroatoms. The van der Waals surface area contributed by atoms with Crippen LogP contribution in [0.4, 0.5) is 0 Å². The summed E-state index contributed by atoms with van der Waals surface area (Å²) < 4.78 is 0. The van der Waals surface area contributed by atoms with Crippen molar-refractivity contribution in [2.75, 3.05) is 0 Å². The quantitative estimate of drug-likeness (QED) is 0.716. The second-order valence-corrected chi connectivity index (χ2v) is 3.25. The normalized spacial score (nSPS) is 9.71. The molecule has 14 heavy (non-hydrogen) atoms. The van der Waals surface area contributed by atoms with Gasteiger partial charge >= 0.3 is 0 Å². The van der Waals surface area contributed by atoms with Gasteiger partial charge in [0.2, 0.25) is 0 Å². The van der Waals surface area contributed by atoms with E-state index in [2.05, 4.69) is 13.2 Å². The lowest BCUT2D eigenvalue weighted by molar-refractivity contribution is 0.395. The van der Waals surface area contributed by atoms with Crippen molar-refractivity contribution in [2.24, 2.45) is 0 Å². The lowest BCUT2D eigenvalue weighted by atomic mass is 10.0. The summed E-state index contributed by atoms with van der Waals surface area (Å²) in [6.07, 6.45) is 0.840. The van der Waals surface area contributed by atoms with Crippen LogP contribution in [0.5, 0.6) is 0 Å². The van der Waals surface area contributed by atoms with Crippen LogP contribution in [0.2, 0.25) is 0 Å². The summed E-state index contributed by atoms with van der Waals surface area (Å²) in [5.74, 6) is 0.252. The van der Waals surface area contributed by atoms with E-state index in [-0.39, 0.29) is 11.5 Å². The maximum absolute atomic E-state index is 9.08. The van der Waals surface area contributed by atoms with Gasteiger partial charge in [-0.15, -0.1) is 0 Å². The van der Waals surface area contributed by atoms with E-state index in [1.54, 1.807) is 0 Å². The molecular weight excluding hydrogens is 176 g/mol. The zero-order chi connectivity index (χ0) is 10.6. The number of aliphatic hydroxyl groups is 2. The molecule has 2 N–H and O–H groups in total. The minimum absolute atomic E-state index is 0.126. The number of hydrogen-bond acceptors (Lipinski definition) is 2. The van der Waals surface area contributed by atoms with Gasteiger partial charge in [-0.1, -0.05) is 37.4 Å². The van der Waals surface area contributed by atoms with E-state index in [9.17, 15) is 0 Å². The van der Waals surface area contributed by atoms with Crippen LogP contribution < -0.4 is 0 Å². The molecule has 0 bridgehead atoms. The first-order valence-electron chi connectivity index (χ1n) is 4.40. The maximum Gasteiger partial charge on any atom is 0.0894 e. The molecule has 0 aliphatic heterocycles. The fraction of sp³-hybridized carbons (Fsp3) is 0.167. The third-order valence-electron chi connectivity index (χ3n) is 1.91. The Kier molecular flexibility index (Phi) is 3.35. The van der Waals surface area contributed by atoms with Crippen molar-refractivity contribution in [1.29, 1.82) is 0 Å². The molecule has 0 atom stereocenters. The Morgan fingerprint density at radius 1 is 0.929 bits per heavy atom. The molecule has 0 saturated carbocycles. The predicted molar refractivity (Wildman–Crippen MR) is 57.4 cm³/mol. The standard InChI is InChI=1S/C12H14O2/c1-9(13)7-11-5-3-4-6-12(11)8-10(2)14/h3-6,13-14H,1-2,7-8H2. The molecule has 0 aliphatic carbocycles. The predicted octanol–water partition coefficient (Wildman–Crippen LogP) is 2.92. The number of allylic oxidation sites excluding steroid dienone is 2. The lowest BCUT2D eigenvalue weighted by Gasteiger charge is -2.07. The van der Waals surface area contributed by atoms with E-state index in [4.69, 9.17) is 10.2 Å². The molecule has 0 heterocycles. The van der Waals surface area contributed by atoms with Crippen molar-refractivity contribution in [3.8, 4) is 0 Å². The van der Waals surface area contributed by atoms with Crippen LogP contribution in [0.3, 0.4) is 0 Å². The van der Waals surface area contributed by atoms with Crippen molar-refractivity contribution in [3.05, 3.63) is 60.1 Å². The summed E-state index contributed by atoms with van der Waals surface area (Å²) in [6.45, 7) is 6.88. The van der Waals surface area contributed by atoms with Gasteiger partial charge in [-0.05, 0) is 11.1 Å². The highest BCUT2D eigenvalue weighted by Gasteiger charge is 2.03. The molecule has 0 amide bonds. The topological polar surface area (TPSA) is 40.5 Å². The zero-order valence-electron chi connectivity index (χ0n) is 8.03. The van der Waals surface area contributed by atoms with Crippen molar-refractivity contribution in [2.45, 2.75) is 12.8 Å². The molecule has 0 radical (unpaired) electrons. The Bertz CT molecular complexity index is 318. The molecule has 0 unspecified atom stereocenters. The third kappa shape index (κ3) is 2.98. The van der Waals surface area contributed by atoms with Gasteiger partial charge in [0.25, 0.3) is 0 Å². The molecule has 0 aliphatic rings. The van der Waals surface area contributed by atoms with Gasteiger partial charge in [-0.25, -0.2) is 0 Å². The van der Waals surface area contributed by atoms with Crippen LogP contribution in [0.15, 0.2) is 48.9 Å². The number of aliphatic hydroxyl groups excluding tert-OH is 2. The Balaban J connectivity index is 2.90. The zero-order valence-corrected chi connectivity index (χ0v) is 8.03. The minimum Gasteiger partial charge on any atom is -0.513 e. The van der Waals surface area contributed by atoms with Crippen LogP contribution in [0.25, 0.3) is 0 Å². The maximum atomic E-state index is 9.08. The van der Waals surface area contributed by atoms with Crippen molar-refractivity contribution < 1.29 is 10.2 Å². The van der Waals surface area contributed by atoms with Gasteiger partial charge in [0.15, 0.2) is 0 Å². The summed E-state index contributed by atoms with van der Waals surface area (Å²) in [6, 6.07) is 7.59. The highest BCUT2D eigenvalue weighted by Crippen LogP contribution is 2.14. The van der Waals surface area contributed by atoms with Crippen LogP contribution in [-0.2, 0) is 12.8 Å². The van der Waals surface area contributed by atoms with Crippen LogP contribution in [0.1, 0.15) is 11.1 Å². The van der Waals surface area contributed by atoms with E-state index < -0.39 is 0 Å². The average Bonchev–Trinajstić information content (AvgIpc) is 2.06. The van der Waals surface area contributed by atoms with Crippen LogP contribution >= 0.6 is 0 Å². The SMILES string of the molecule is C=C(O)Cc1ccccc1CC(=C)O. The van der Waals surface area contributed by atoms with Gasteiger partial charge in [-0.3, -0.25) is 0 Å². The first-order valence-corrected chi connectivity index (χ1v) is 4.40. The lowest BCUT2D eigenvalue weighted by Crippen LogP contribution is -1.97. The fourth-order valence-electron chi connectivity index (χ4n) is 1.34. The molecule has 74 valence electrons. The van der Waals surface area contributed by atoms with Crippen LogP contribution in [0, 0.1) is 0 Å². The number of hydrogen-bond donors (Lipinski definition) is 2. The first kappa shape index (κ1) is 10.4. The van der Waals surface area contributed by atoms with E-state index in [1.807, 2.05) is 24.3 Å². The summed E-state index contributed by atoms with van der Waals surface area (Å²) in [5.41, 5.74) is 1.94. The molecule has 0 aromatic heterocycles. The van der Waals surface area contributed by atoms with Gasteiger partial charge < -0.3 is 10.2 Å². The van der Waals surface area contributed by atoms with Gasteiger partial charge in [-0.2, -0.15) is 0 Å². The number of benzene rings is 1. The van der Waals surface area contributed by atoms with E-state index in [1.165, 1.54) is 0 Å². The van der Waals surface area contributed by atoms with Crippen molar-refractivity contribution in [1.82, 2.24) is 0 Å². The van der Waals surface area contributed by atoms with E-state index >= 15 is 0 Å². The fourth-order valence-corrected chi connectivity index (χ4v) is 1.34. The van der Waals surface area contributed by atoms with E-state index in [0.717, 1.165) is 11.1 Å². The number of rotatable bonds is 4. The third-order valence-corrected chi connectivity index (χ3v) is 1.91. The molecule has 0 saturated heterocycles. The van der Waals surface area contributed by atoms with Gasteiger partial charge in [0.05, 0.1) is 11.5 Å². The molecule has 2 nitrogen and oxygen atoms in total. The molecule has 1 aromatic carbocycles. The monoisotopic (exact) mass is 190 g/mol. The molecule has 0 spiro atoms. The Hall–Kier alpha value is -1.70. The molecule has 1 rings (SSSR count). The van der Waals surface area contributed by atoms with Gasteiger partial charge in [0, 0.05) is 12.8 Å². The largest absolute Gasteiger partial charge is 0.513 e. The Labute approximate surface area is 83.8 Å². The Morgan fingerprint density at radius 2 is 1.29 bits per heavy atom. The Morgan fingerprint density at radius 3 is 1.57 bits per heavy atom. The molecular formula is C12H14O2. The van der Waals surface area contributed by atoms with Crippen molar-refractivity contribution >= 4 is 0 Å². The minimum atomic E-state index is 0.126. The highest BCUT2D eigenvalue weighted by atomic mass is 16.3. The molecule has 1 aromatic rings. The van der Waals surface area contributed by atoms with Crippen LogP contribution in [-0.4, -0.2) is 10.2 Å². The highest BCUT2D eigenvalue weighted by molar-refractivity contribution is 5.31. The summed E-state index contributed by atoms with van der Waals surface area (Å²) in [5, 5.41) is 18.2. The van der Waals surface area contributed by atoms with E-state index in [0.29, 0.717) is 12.8 Å². The molecule has 0 fully saturated rings. The summed E-state index contributed by atoms with van der Waals surface area (Å²) in [7, 11) is 0. The summed E-state index contributed by atoms with van der Waals surface area (Å²) >= 11 is 0. The first-order chi connectivity index (χ1) is 6.59. The summed E-state index contributed by atoms with van der Waals surface area (Å²) in [4.78, 5) is 0.